The van der Waals surface area contributed by atoms with Crippen molar-refractivity contribution in [1.82, 2.24) is 10.2 Å². The number of hydrogen-bond acceptors (Lipinski definition) is 2. The summed E-state index contributed by atoms with van der Waals surface area (Å²) in [6.45, 7) is 9.28. The highest BCUT2D eigenvalue weighted by atomic mass is 35.5. The summed E-state index contributed by atoms with van der Waals surface area (Å²) in [7, 11) is 0. The van der Waals surface area contributed by atoms with Crippen molar-refractivity contribution in [2.75, 3.05) is 13.1 Å². The van der Waals surface area contributed by atoms with Crippen molar-refractivity contribution in [3.63, 3.8) is 0 Å². The number of nitrogens with one attached hydrogen (secondary N) is 1. The second-order valence-electron chi connectivity index (χ2n) is 7.09. The Bertz CT molecular complexity index is 484. The van der Waals surface area contributed by atoms with Crippen LogP contribution in [0.1, 0.15) is 45.2 Å². The van der Waals surface area contributed by atoms with Crippen LogP contribution in [-0.2, 0) is 0 Å². The number of nitrogens with zero attached hydrogens (tertiary/aromatic N) is 1. The fraction of sp³-hybridized carbons (Fsp3) is 0.667. The Kier molecular flexibility index (Phi) is 4.58. The lowest BCUT2D eigenvalue weighted by Crippen LogP contribution is -2.59. The quantitative estimate of drug-likeness (QED) is 0.900. The molecule has 1 aliphatic carbocycles. The second kappa shape index (κ2) is 6.28. The molecule has 3 atom stereocenters. The van der Waals surface area contributed by atoms with Crippen LogP contribution in [0.5, 0.6) is 0 Å². The Labute approximate surface area is 133 Å². The maximum atomic E-state index is 6.19. The molecule has 1 aromatic rings. The van der Waals surface area contributed by atoms with Crippen LogP contribution >= 0.6 is 11.6 Å². The normalized spacial score (nSPS) is 28.8. The van der Waals surface area contributed by atoms with Crippen LogP contribution in [0.2, 0.25) is 5.02 Å². The average molecular weight is 307 g/mol. The van der Waals surface area contributed by atoms with Gasteiger partial charge in [-0.15, -0.1) is 0 Å². The van der Waals surface area contributed by atoms with Crippen molar-refractivity contribution in [2.24, 2.45) is 11.8 Å². The summed E-state index contributed by atoms with van der Waals surface area (Å²) in [5.41, 5.74) is 1.34. The summed E-state index contributed by atoms with van der Waals surface area (Å²) in [5.74, 6) is 1.58. The van der Waals surface area contributed by atoms with Gasteiger partial charge in [0, 0.05) is 36.2 Å². The minimum absolute atomic E-state index is 0.430. The fourth-order valence-corrected chi connectivity index (χ4v) is 3.85. The Morgan fingerprint density at radius 1 is 1.24 bits per heavy atom. The van der Waals surface area contributed by atoms with Gasteiger partial charge in [0.1, 0.15) is 0 Å². The molecular weight excluding hydrogens is 280 g/mol. The van der Waals surface area contributed by atoms with Crippen molar-refractivity contribution < 1.29 is 0 Å². The van der Waals surface area contributed by atoms with Crippen molar-refractivity contribution in [3.05, 3.63) is 34.9 Å². The van der Waals surface area contributed by atoms with E-state index in [9.17, 15) is 0 Å². The first-order valence-corrected chi connectivity index (χ1v) is 8.68. The zero-order chi connectivity index (χ0) is 15.0. The van der Waals surface area contributed by atoms with Crippen molar-refractivity contribution >= 4 is 11.6 Å². The van der Waals surface area contributed by atoms with Crippen LogP contribution in [0.3, 0.4) is 0 Å². The summed E-state index contributed by atoms with van der Waals surface area (Å²) in [6, 6.07) is 10.1. The largest absolute Gasteiger partial charge is 0.311 e. The molecule has 2 aliphatic rings. The molecule has 1 aliphatic heterocycles. The molecule has 1 aromatic carbocycles. The van der Waals surface area contributed by atoms with Gasteiger partial charge >= 0.3 is 0 Å². The van der Waals surface area contributed by atoms with Crippen LogP contribution in [-0.4, -0.2) is 30.1 Å². The van der Waals surface area contributed by atoms with Crippen molar-refractivity contribution in [2.45, 2.75) is 51.7 Å². The lowest BCUT2D eigenvalue weighted by atomic mass is 9.93. The summed E-state index contributed by atoms with van der Waals surface area (Å²) in [4.78, 5) is 2.70. The third-order valence-electron chi connectivity index (χ3n) is 5.21. The molecule has 2 nitrogen and oxygen atoms in total. The molecule has 0 spiro atoms. The molecule has 1 saturated heterocycles. The van der Waals surface area contributed by atoms with Crippen molar-refractivity contribution in [3.8, 4) is 0 Å². The number of piperazine rings is 1. The van der Waals surface area contributed by atoms with E-state index in [0.29, 0.717) is 24.0 Å². The van der Waals surface area contributed by atoms with Crippen LogP contribution in [0.25, 0.3) is 0 Å². The molecule has 116 valence electrons. The molecule has 0 aromatic heterocycles. The third-order valence-corrected chi connectivity index (χ3v) is 5.45. The number of halogens is 1. The molecule has 3 heteroatoms. The highest BCUT2D eigenvalue weighted by molar-refractivity contribution is 6.30. The highest BCUT2D eigenvalue weighted by Gasteiger charge is 2.39. The number of rotatable bonds is 4. The Hall–Kier alpha value is -0.570. The first-order chi connectivity index (χ1) is 10.1. The van der Waals surface area contributed by atoms with Crippen LogP contribution in [0.15, 0.2) is 24.3 Å². The zero-order valence-electron chi connectivity index (χ0n) is 13.3. The lowest BCUT2D eigenvalue weighted by molar-refractivity contribution is 0.0569. The topological polar surface area (TPSA) is 15.3 Å². The first kappa shape index (κ1) is 15.3. The smallest absolute Gasteiger partial charge is 0.0409 e. The third kappa shape index (κ3) is 3.44. The minimum atomic E-state index is 0.430. The zero-order valence-corrected chi connectivity index (χ0v) is 14.1. The van der Waals surface area contributed by atoms with Gasteiger partial charge in [-0.2, -0.15) is 0 Å². The standard InChI is InChI=1S/C18H27ClN2/c1-12(2)18-10-20-17(14-7-8-14)11-21(18)13(3)15-5-4-6-16(19)9-15/h4-6,9,12-14,17-18,20H,7-8,10-11H2,1-3H3. The van der Waals surface area contributed by atoms with E-state index in [4.69, 9.17) is 11.6 Å². The Morgan fingerprint density at radius 3 is 2.62 bits per heavy atom. The second-order valence-corrected chi connectivity index (χ2v) is 7.53. The van der Waals surface area contributed by atoms with E-state index in [1.165, 1.54) is 24.9 Å². The summed E-state index contributed by atoms with van der Waals surface area (Å²) in [6.07, 6.45) is 2.81. The highest BCUT2D eigenvalue weighted by Crippen LogP contribution is 2.37. The summed E-state index contributed by atoms with van der Waals surface area (Å²) >= 11 is 6.19. The van der Waals surface area contributed by atoms with Crippen LogP contribution < -0.4 is 5.32 Å². The molecule has 2 fully saturated rings. The van der Waals surface area contributed by atoms with Gasteiger partial charge in [-0.3, -0.25) is 4.90 Å². The van der Waals surface area contributed by atoms with E-state index in [1.54, 1.807) is 0 Å². The first-order valence-electron chi connectivity index (χ1n) is 8.31. The summed E-state index contributed by atoms with van der Waals surface area (Å²) < 4.78 is 0. The molecule has 0 bridgehead atoms. The minimum Gasteiger partial charge on any atom is -0.311 e. The van der Waals surface area contributed by atoms with Gasteiger partial charge in [0.25, 0.3) is 0 Å². The predicted octanol–water partition coefficient (Wildman–Crippen LogP) is 4.11. The number of benzene rings is 1. The van der Waals surface area contributed by atoms with Crippen LogP contribution in [0.4, 0.5) is 0 Å². The van der Waals surface area contributed by atoms with Gasteiger partial charge in [0.15, 0.2) is 0 Å². The maximum absolute atomic E-state index is 6.19. The van der Waals surface area contributed by atoms with Gasteiger partial charge in [0.05, 0.1) is 0 Å². The maximum Gasteiger partial charge on any atom is 0.0409 e. The van der Waals surface area contributed by atoms with Crippen LogP contribution in [0, 0.1) is 11.8 Å². The van der Waals surface area contributed by atoms with E-state index in [0.717, 1.165) is 17.5 Å². The molecule has 1 heterocycles. The molecule has 1 saturated carbocycles. The monoisotopic (exact) mass is 306 g/mol. The van der Waals surface area contributed by atoms with Gasteiger partial charge in [-0.1, -0.05) is 37.6 Å². The van der Waals surface area contributed by atoms with E-state index >= 15 is 0 Å². The van der Waals surface area contributed by atoms with Gasteiger partial charge < -0.3 is 5.32 Å². The molecule has 21 heavy (non-hydrogen) atoms. The molecule has 0 amide bonds. The van der Waals surface area contributed by atoms with E-state index in [2.05, 4.69) is 49.2 Å². The van der Waals surface area contributed by atoms with Gasteiger partial charge in [-0.05, 0) is 49.3 Å². The lowest BCUT2D eigenvalue weighted by Gasteiger charge is -2.46. The molecule has 3 unspecified atom stereocenters. The van der Waals surface area contributed by atoms with Crippen molar-refractivity contribution in [1.29, 1.82) is 0 Å². The fourth-order valence-electron chi connectivity index (χ4n) is 3.65. The SMILES string of the molecule is CC(C)C1CNC(C2CC2)CN1C(C)c1cccc(Cl)c1. The van der Waals surface area contributed by atoms with E-state index in [-0.39, 0.29) is 0 Å². The summed E-state index contributed by atoms with van der Waals surface area (Å²) in [5, 5.41) is 4.63. The molecule has 0 radical (unpaired) electrons. The predicted molar refractivity (Wildman–Crippen MR) is 89.7 cm³/mol. The van der Waals surface area contributed by atoms with E-state index < -0.39 is 0 Å². The molecule has 1 N–H and O–H groups in total. The average Bonchev–Trinajstić information content (AvgIpc) is 3.30. The van der Waals surface area contributed by atoms with Gasteiger partial charge in [0.2, 0.25) is 0 Å². The number of hydrogen-bond donors (Lipinski definition) is 1. The molecule has 3 rings (SSSR count). The Balaban J connectivity index is 1.80. The van der Waals surface area contributed by atoms with Gasteiger partial charge in [-0.25, -0.2) is 0 Å². The van der Waals surface area contributed by atoms with E-state index in [1.807, 2.05) is 6.07 Å². The molecular formula is C18H27ClN2. The Morgan fingerprint density at radius 2 is 2.00 bits per heavy atom.